The summed E-state index contributed by atoms with van der Waals surface area (Å²) in [5.41, 5.74) is 0.0358. The van der Waals surface area contributed by atoms with E-state index in [4.69, 9.17) is 5.11 Å². The molecule has 1 aromatic rings. The number of amides is 1. The zero-order valence-electron chi connectivity index (χ0n) is 11.0. The Kier molecular flexibility index (Phi) is 7.02. The molecule has 5 heteroatoms. The molecule has 0 spiro atoms. The van der Waals surface area contributed by atoms with Gasteiger partial charge in [0.15, 0.2) is 0 Å². The number of halogens is 2. The van der Waals surface area contributed by atoms with E-state index in [-0.39, 0.29) is 22.6 Å². The van der Waals surface area contributed by atoms with E-state index in [9.17, 15) is 9.18 Å². The fraction of sp³-hybridized carbons (Fsp3) is 0.500. The van der Waals surface area contributed by atoms with Gasteiger partial charge in [-0.3, -0.25) is 4.79 Å². The molecule has 1 unspecified atom stereocenters. The number of hydrogen-bond acceptors (Lipinski definition) is 2. The van der Waals surface area contributed by atoms with E-state index >= 15 is 0 Å². The summed E-state index contributed by atoms with van der Waals surface area (Å²) in [5, 5.41) is 11.7. The van der Waals surface area contributed by atoms with Crippen LogP contribution in [0, 0.1) is 11.7 Å². The summed E-state index contributed by atoms with van der Waals surface area (Å²) in [7, 11) is 0. The van der Waals surface area contributed by atoms with E-state index in [1.165, 1.54) is 6.07 Å². The molecule has 0 aliphatic heterocycles. The van der Waals surface area contributed by atoms with Crippen LogP contribution >= 0.6 is 15.9 Å². The highest BCUT2D eigenvalue weighted by Gasteiger charge is 2.15. The van der Waals surface area contributed by atoms with Crippen LogP contribution in [0.4, 0.5) is 4.39 Å². The van der Waals surface area contributed by atoms with Crippen LogP contribution in [-0.2, 0) is 0 Å². The predicted molar refractivity (Wildman–Crippen MR) is 76.5 cm³/mol. The van der Waals surface area contributed by atoms with Crippen LogP contribution in [0.2, 0.25) is 0 Å². The molecule has 0 saturated heterocycles. The maximum Gasteiger partial charge on any atom is 0.254 e. The Morgan fingerprint density at radius 2 is 2.21 bits per heavy atom. The third-order valence-electron chi connectivity index (χ3n) is 2.98. The van der Waals surface area contributed by atoms with Crippen LogP contribution in [0.25, 0.3) is 0 Å². The van der Waals surface area contributed by atoms with Gasteiger partial charge in [0.2, 0.25) is 0 Å². The van der Waals surface area contributed by atoms with Gasteiger partial charge in [-0.15, -0.1) is 0 Å². The lowest BCUT2D eigenvalue weighted by Crippen LogP contribution is -2.30. The Labute approximate surface area is 121 Å². The second-order valence-electron chi connectivity index (χ2n) is 4.48. The van der Waals surface area contributed by atoms with Gasteiger partial charge >= 0.3 is 0 Å². The van der Waals surface area contributed by atoms with Gasteiger partial charge in [0, 0.05) is 13.2 Å². The quantitative estimate of drug-likeness (QED) is 0.806. The largest absolute Gasteiger partial charge is 0.396 e. The molecule has 0 aliphatic rings. The van der Waals surface area contributed by atoms with Gasteiger partial charge in [-0.25, -0.2) is 4.39 Å². The number of aliphatic hydroxyl groups excluding tert-OH is 1. The molecule has 1 aromatic carbocycles. The lowest BCUT2D eigenvalue weighted by Gasteiger charge is -2.15. The van der Waals surface area contributed by atoms with E-state index in [0.29, 0.717) is 13.0 Å². The first-order valence-corrected chi connectivity index (χ1v) is 7.22. The van der Waals surface area contributed by atoms with E-state index in [1.807, 2.05) is 0 Å². The molecule has 2 N–H and O–H groups in total. The topological polar surface area (TPSA) is 49.3 Å². The minimum atomic E-state index is -0.547. The van der Waals surface area contributed by atoms with Crippen LogP contribution in [0.15, 0.2) is 22.7 Å². The van der Waals surface area contributed by atoms with Crippen molar-refractivity contribution in [2.45, 2.75) is 26.2 Å². The molecule has 0 aliphatic carbocycles. The number of nitrogens with one attached hydrogen (secondary N) is 1. The number of rotatable bonds is 7. The smallest absolute Gasteiger partial charge is 0.254 e. The van der Waals surface area contributed by atoms with Gasteiger partial charge in [0.1, 0.15) is 5.82 Å². The molecule has 0 saturated carbocycles. The first-order chi connectivity index (χ1) is 9.10. The van der Waals surface area contributed by atoms with Gasteiger partial charge in [0.05, 0.1) is 10.0 Å². The number of aliphatic hydroxyl groups is 1. The molecule has 0 heterocycles. The van der Waals surface area contributed by atoms with Gasteiger partial charge in [-0.1, -0.05) is 19.4 Å². The van der Waals surface area contributed by atoms with Crippen molar-refractivity contribution < 1.29 is 14.3 Å². The van der Waals surface area contributed by atoms with Gasteiger partial charge in [0.25, 0.3) is 5.91 Å². The van der Waals surface area contributed by atoms with Crippen molar-refractivity contribution in [1.29, 1.82) is 0 Å². The Hall–Kier alpha value is -0.940. The Balaban J connectivity index is 2.61. The fourth-order valence-electron chi connectivity index (χ4n) is 1.95. The van der Waals surface area contributed by atoms with Gasteiger partial charge in [-0.05, 0) is 46.8 Å². The van der Waals surface area contributed by atoms with Crippen molar-refractivity contribution in [2.75, 3.05) is 13.2 Å². The number of benzene rings is 1. The van der Waals surface area contributed by atoms with Crippen molar-refractivity contribution in [1.82, 2.24) is 5.32 Å². The summed E-state index contributed by atoms with van der Waals surface area (Å²) in [4.78, 5) is 11.9. The normalized spacial score (nSPS) is 12.2. The average molecular weight is 332 g/mol. The van der Waals surface area contributed by atoms with Crippen LogP contribution in [0.1, 0.15) is 36.5 Å². The first kappa shape index (κ1) is 16.1. The van der Waals surface area contributed by atoms with E-state index in [0.717, 1.165) is 12.8 Å². The first-order valence-electron chi connectivity index (χ1n) is 6.43. The summed E-state index contributed by atoms with van der Waals surface area (Å²) in [6.45, 7) is 2.62. The molecule has 0 bridgehead atoms. The molecule has 106 valence electrons. The lowest BCUT2D eigenvalue weighted by atomic mass is 10.00. The Bertz CT molecular complexity index is 420. The van der Waals surface area contributed by atoms with Crippen LogP contribution < -0.4 is 5.32 Å². The summed E-state index contributed by atoms with van der Waals surface area (Å²) < 4.78 is 14.0. The molecule has 0 radical (unpaired) electrons. The lowest BCUT2D eigenvalue weighted by molar-refractivity contribution is 0.0938. The molecule has 19 heavy (non-hydrogen) atoms. The summed E-state index contributed by atoms with van der Waals surface area (Å²) >= 11 is 3.06. The average Bonchev–Trinajstić information content (AvgIpc) is 2.39. The molecular weight excluding hydrogens is 313 g/mol. The zero-order valence-corrected chi connectivity index (χ0v) is 12.5. The summed E-state index contributed by atoms with van der Waals surface area (Å²) in [6.07, 6.45) is 2.57. The van der Waals surface area contributed by atoms with Crippen molar-refractivity contribution in [3.05, 3.63) is 34.1 Å². The predicted octanol–water partition coefficient (Wildman–Crippen LogP) is 3.12. The SMILES string of the molecule is CCCC(CCO)CNC(=O)c1cccc(Br)c1F. The highest BCUT2D eigenvalue weighted by Crippen LogP contribution is 2.18. The minimum Gasteiger partial charge on any atom is -0.396 e. The van der Waals surface area contributed by atoms with Crippen molar-refractivity contribution in [3.8, 4) is 0 Å². The fourth-order valence-corrected chi connectivity index (χ4v) is 2.32. The molecule has 1 rings (SSSR count). The number of carbonyl (C=O) groups excluding carboxylic acids is 1. The van der Waals surface area contributed by atoms with Crippen molar-refractivity contribution in [3.63, 3.8) is 0 Å². The maximum atomic E-state index is 13.7. The van der Waals surface area contributed by atoms with Crippen LogP contribution in [0.5, 0.6) is 0 Å². The Morgan fingerprint density at radius 1 is 1.47 bits per heavy atom. The molecule has 1 atom stereocenters. The van der Waals surface area contributed by atoms with E-state index < -0.39 is 11.7 Å². The van der Waals surface area contributed by atoms with E-state index in [1.54, 1.807) is 12.1 Å². The number of carbonyl (C=O) groups is 1. The number of hydrogen-bond donors (Lipinski definition) is 2. The third-order valence-corrected chi connectivity index (χ3v) is 3.59. The van der Waals surface area contributed by atoms with Crippen molar-refractivity contribution in [2.24, 2.45) is 5.92 Å². The van der Waals surface area contributed by atoms with E-state index in [2.05, 4.69) is 28.2 Å². The zero-order chi connectivity index (χ0) is 14.3. The van der Waals surface area contributed by atoms with Crippen LogP contribution in [0.3, 0.4) is 0 Å². The second-order valence-corrected chi connectivity index (χ2v) is 5.33. The molecule has 1 amide bonds. The molecule has 0 aromatic heterocycles. The Morgan fingerprint density at radius 3 is 2.84 bits per heavy atom. The van der Waals surface area contributed by atoms with Gasteiger partial charge in [-0.2, -0.15) is 0 Å². The molecule has 3 nitrogen and oxygen atoms in total. The standard InChI is InChI=1S/C14H19BrFNO2/c1-2-4-10(7-8-18)9-17-14(19)11-5-3-6-12(15)13(11)16/h3,5-6,10,18H,2,4,7-9H2,1H3,(H,17,19). The maximum absolute atomic E-state index is 13.7. The second kappa shape index (κ2) is 8.27. The summed E-state index contributed by atoms with van der Waals surface area (Å²) in [6, 6.07) is 4.63. The highest BCUT2D eigenvalue weighted by atomic mass is 79.9. The summed E-state index contributed by atoms with van der Waals surface area (Å²) in [5.74, 6) is -0.735. The van der Waals surface area contributed by atoms with Crippen LogP contribution in [-0.4, -0.2) is 24.2 Å². The molecule has 0 fully saturated rings. The van der Waals surface area contributed by atoms with Gasteiger partial charge < -0.3 is 10.4 Å². The van der Waals surface area contributed by atoms with Crippen molar-refractivity contribution >= 4 is 21.8 Å². The molecular formula is C14H19BrFNO2. The highest BCUT2D eigenvalue weighted by molar-refractivity contribution is 9.10. The monoisotopic (exact) mass is 331 g/mol. The third kappa shape index (κ3) is 4.91. The minimum absolute atomic E-state index is 0.0358.